The largest absolute Gasteiger partial charge is 0.382 e. The summed E-state index contributed by atoms with van der Waals surface area (Å²) >= 11 is 0. The molecule has 0 aliphatic rings. The molecule has 6 aromatic rings. The second-order valence-corrected chi connectivity index (χ2v) is 12.0. The number of nitrogens with zero attached hydrogens (tertiary/aromatic N) is 4. The van der Waals surface area contributed by atoms with Crippen LogP contribution < -0.4 is 10.5 Å². The Morgan fingerprint density at radius 2 is 1.73 bits per heavy atom. The van der Waals surface area contributed by atoms with E-state index in [9.17, 15) is 12.8 Å². The smallest absolute Gasteiger partial charge is 0.209 e. The van der Waals surface area contributed by atoms with Gasteiger partial charge in [-0.25, -0.2) is 22.9 Å². The van der Waals surface area contributed by atoms with Crippen LogP contribution in [-0.4, -0.2) is 50.3 Å². The van der Waals surface area contributed by atoms with Crippen LogP contribution in [0.15, 0.2) is 67.4 Å². The molecule has 5 heterocycles. The number of sulfonamides is 1. The highest BCUT2D eigenvalue weighted by Gasteiger charge is 2.16. The zero-order valence-electron chi connectivity index (χ0n) is 22.3. The van der Waals surface area contributed by atoms with Gasteiger partial charge in [-0.1, -0.05) is 6.07 Å². The Hall–Kier alpha value is -4.68. The first kappa shape index (κ1) is 26.5. The van der Waals surface area contributed by atoms with E-state index in [1.165, 1.54) is 12.1 Å². The van der Waals surface area contributed by atoms with Crippen LogP contribution in [0.5, 0.6) is 0 Å². The summed E-state index contributed by atoms with van der Waals surface area (Å²) in [6.07, 6.45) is 8.82. The van der Waals surface area contributed by atoms with E-state index in [1.807, 2.05) is 18.2 Å². The highest BCUT2D eigenvalue weighted by molar-refractivity contribution is 7.89. The van der Waals surface area contributed by atoms with E-state index in [0.29, 0.717) is 22.3 Å². The number of pyridine rings is 3. The molecular weight excluding hydrogens is 543 g/mol. The Morgan fingerprint density at radius 3 is 2.54 bits per heavy atom. The zero-order chi connectivity index (χ0) is 28.7. The first-order valence-corrected chi connectivity index (χ1v) is 14.7. The van der Waals surface area contributed by atoms with Crippen molar-refractivity contribution in [3.8, 4) is 33.6 Å². The standard InChI is InChI=1S/C29H27FN8O2S/c1-16(2)35-22-8-19(11-32-13-22)20-9-24-28(37-38-29(24)34-12-20)26-10-23-25(14-33-15-27(23)36-26)18-5-17(6-21(30)7-18)3-4-41(31,39)40/h5-16,35-36H,3-4H2,1-2H3,(H2,31,39,40)(H,34,37,38). The molecule has 5 N–H and O–H groups in total. The number of benzene rings is 1. The van der Waals surface area contributed by atoms with Crippen LogP contribution in [0.2, 0.25) is 0 Å². The van der Waals surface area contributed by atoms with Crippen molar-refractivity contribution in [3.63, 3.8) is 0 Å². The highest BCUT2D eigenvalue weighted by Crippen LogP contribution is 2.35. The number of aromatic amines is 2. The Bertz CT molecular complexity index is 2020. The summed E-state index contributed by atoms with van der Waals surface area (Å²) < 4.78 is 37.4. The summed E-state index contributed by atoms with van der Waals surface area (Å²) in [4.78, 5) is 16.7. The quantitative estimate of drug-likeness (QED) is 0.200. The van der Waals surface area contributed by atoms with Crippen molar-refractivity contribution in [2.24, 2.45) is 5.14 Å². The van der Waals surface area contributed by atoms with Gasteiger partial charge in [0, 0.05) is 58.3 Å². The molecule has 208 valence electrons. The SMILES string of the molecule is CC(C)Nc1cncc(-c2cnc3n[nH]c(-c4cc5c(-c6cc(F)cc(CCS(N)(=O)=O)c6)cncc5[nH]4)c3c2)c1. The fraction of sp³-hybridized carbons (Fsp3) is 0.172. The number of rotatable bonds is 8. The van der Waals surface area contributed by atoms with Crippen molar-refractivity contribution in [3.05, 3.63) is 78.8 Å². The average molecular weight is 571 g/mol. The van der Waals surface area contributed by atoms with Gasteiger partial charge in [0.15, 0.2) is 5.65 Å². The molecule has 6 rings (SSSR count). The van der Waals surface area contributed by atoms with Gasteiger partial charge in [0.2, 0.25) is 10.0 Å². The Balaban J connectivity index is 1.40. The molecule has 10 nitrogen and oxygen atoms in total. The van der Waals surface area contributed by atoms with Gasteiger partial charge in [-0.3, -0.25) is 15.1 Å². The molecule has 0 fully saturated rings. The van der Waals surface area contributed by atoms with Gasteiger partial charge in [0.25, 0.3) is 0 Å². The molecule has 0 bridgehead atoms. The van der Waals surface area contributed by atoms with Crippen LogP contribution in [-0.2, 0) is 16.4 Å². The summed E-state index contributed by atoms with van der Waals surface area (Å²) in [5, 5.41) is 17.6. The first-order valence-electron chi connectivity index (χ1n) is 13.0. The van der Waals surface area contributed by atoms with Gasteiger partial charge in [-0.2, -0.15) is 5.10 Å². The fourth-order valence-corrected chi connectivity index (χ4v) is 5.42. The number of aryl methyl sites for hydroxylation is 1. The lowest BCUT2D eigenvalue weighted by atomic mass is 10.0. The molecule has 0 atom stereocenters. The number of hydrogen-bond acceptors (Lipinski definition) is 7. The number of primary sulfonamides is 1. The van der Waals surface area contributed by atoms with E-state index >= 15 is 0 Å². The normalized spacial score (nSPS) is 12.0. The number of fused-ring (bicyclic) bond motifs is 2. The van der Waals surface area contributed by atoms with Crippen LogP contribution in [0.4, 0.5) is 10.1 Å². The van der Waals surface area contributed by atoms with Crippen molar-refractivity contribution in [2.45, 2.75) is 26.3 Å². The molecule has 0 unspecified atom stereocenters. The third-order valence-corrected chi connectivity index (χ3v) is 7.47. The van der Waals surface area contributed by atoms with Gasteiger partial charge in [0.1, 0.15) is 5.82 Å². The molecule has 0 amide bonds. The highest BCUT2D eigenvalue weighted by atomic mass is 32.2. The number of anilines is 1. The van der Waals surface area contributed by atoms with Gasteiger partial charge < -0.3 is 10.3 Å². The van der Waals surface area contributed by atoms with E-state index in [4.69, 9.17) is 5.14 Å². The average Bonchev–Trinajstić information content (AvgIpc) is 3.54. The Kier molecular flexibility index (Phi) is 6.72. The molecule has 41 heavy (non-hydrogen) atoms. The Labute approximate surface area is 235 Å². The number of aromatic nitrogens is 6. The van der Waals surface area contributed by atoms with Gasteiger partial charge in [-0.05, 0) is 61.7 Å². The lowest BCUT2D eigenvalue weighted by molar-refractivity contribution is 0.596. The van der Waals surface area contributed by atoms with Crippen molar-refractivity contribution < 1.29 is 12.8 Å². The maximum atomic E-state index is 14.6. The Morgan fingerprint density at radius 1 is 0.927 bits per heavy atom. The van der Waals surface area contributed by atoms with E-state index in [-0.39, 0.29) is 18.2 Å². The van der Waals surface area contributed by atoms with Crippen LogP contribution in [0, 0.1) is 5.82 Å². The summed E-state index contributed by atoms with van der Waals surface area (Å²) in [6, 6.07) is 10.8. The molecule has 0 radical (unpaired) electrons. The molecule has 5 aromatic heterocycles. The summed E-state index contributed by atoms with van der Waals surface area (Å²) in [6.45, 7) is 4.14. The minimum atomic E-state index is -3.68. The van der Waals surface area contributed by atoms with Crippen LogP contribution >= 0.6 is 0 Å². The number of halogens is 1. The molecule has 0 aliphatic carbocycles. The lowest BCUT2D eigenvalue weighted by Gasteiger charge is -2.10. The van der Waals surface area contributed by atoms with Crippen molar-refractivity contribution >= 4 is 37.6 Å². The summed E-state index contributed by atoms with van der Waals surface area (Å²) in [7, 11) is -3.68. The van der Waals surface area contributed by atoms with E-state index in [2.05, 4.69) is 49.3 Å². The van der Waals surface area contributed by atoms with E-state index < -0.39 is 15.8 Å². The number of H-pyrrole nitrogens is 2. The van der Waals surface area contributed by atoms with Crippen molar-refractivity contribution in [1.82, 2.24) is 30.1 Å². The van der Waals surface area contributed by atoms with Gasteiger partial charge >= 0.3 is 0 Å². The first-order chi connectivity index (χ1) is 19.6. The molecular formula is C29H27FN8O2S. The number of nitrogens with two attached hydrogens (primary N) is 1. The maximum Gasteiger partial charge on any atom is 0.209 e. The monoisotopic (exact) mass is 570 g/mol. The number of hydrogen-bond donors (Lipinski definition) is 4. The molecule has 12 heteroatoms. The lowest BCUT2D eigenvalue weighted by Crippen LogP contribution is -2.18. The fourth-order valence-electron chi connectivity index (χ4n) is 4.90. The zero-order valence-corrected chi connectivity index (χ0v) is 23.1. The second kappa shape index (κ2) is 10.4. The minimum absolute atomic E-state index is 0.104. The topological polar surface area (TPSA) is 155 Å². The van der Waals surface area contributed by atoms with E-state index in [1.54, 1.807) is 37.1 Å². The van der Waals surface area contributed by atoms with Gasteiger partial charge in [0.05, 0.1) is 34.5 Å². The molecule has 0 spiro atoms. The summed E-state index contributed by atoms with van der Waals surface area (Å²) in [5.74, 6) is -0.746. The predicted molar refractivity (Wildman–Crippen MR) is 158 cm³/mol. The van der Waals surface area contributed by atoms with Crippen molar-refractivity contribution in [1.29, 1.82) is 0 Å². The molecule has 0 saturated carbocycles. The van der Waals surface area contributed by atoms with E-state index in [0.717, 1.165) is 44.5 Å². The third kappa shape index (κ3) is 5.65. The minimum Gasteiger partial charge on any atom is -0.382 e. The number of nitrogens with one attached hydrogen (secondary N) is 3. The predicted octanol–water partition coefficient (Wildman–Crippen LogP) is 5.02. The van der Waals surface area contributed by atoms with Gasteiger partial charge in [-0.15, -0.1) is 0 Å². The molecule has 0 aliphatic heterocycles. The molecule has 1 aromatic carbocycles. The second-order valence-electron chi connectivity index (χ2n) is 10.3. The third-order valence-electron chi connectivity index (χ3n) is 6.70. The van der Waals surface area contributed by atoms with Crippen LogP contribution in [0.1, 0.15) is 19.4 Å². The molecule has 0 saturated heterocycles. The van der Waals surface area contributed by atoms with Crippen LogP contribution in [0.25, 0.3) is 55.6 Å². The van der Waals surface area contributed by atoms with Crippen LogP contribution in [0.3, 0.4) is 0 Å². The maximum absolute atomic E-state index is 14.6. The van der Waals surface area contributed by atoms with Crippen molar-refractivity contribution in [2.75, 3.05) is 11.1 Å². The summed E-state index contributed by atoms with van der Waals surface area (Å²) in [5.41, 5.74) is 7.36.